The Morgan fingerprint density at radius 2 is 1.29 bits per heavy atom. The third-order valence-corrected chi connectivity index (χ3v) is 6.45. The number of fused-ring (bicyclic) bond motifs is 2. The lowest BCUT2D eigenvalue weighted by atomic mass is 10.00. The third kappa shape index (κ3) is 4.56. The van der Waals surface area contributed by atoms with Crippen LogP contribution in [-0.4, -0.2) is 27.6 Å². The average molecular weight is 500 g/mol. The van der Waals surface area contributed by atoms with Crippen LogP contribution in [0.3, 0.4) is 0 Å². The number of aromatic amines is 1. The molecule has 0 fully saturated rings. The maximum atomic E-state index is 7.37. The van der Waals surface area contributed by atoms with Gasteiger partial charge in [0.1, 0.15) is 5.82 Å². The molecule has 0 bridgehead atoms. The molecule has 38 heavy (non-hydrogen) atoms. The summed E-state index contributed by atoms with van der Waals surface area (Å²) < 4.78 is 0. The molecule has 0 atom stereocenters. The minimum Gasteiger partial charge on any atom is -0.370 e. The Morgan fingerprint density at radius 1 is 0.711 bits per heavy atom. The van der Waals surface area contributed by atoms with Crippen LogP contribution in [0.2, 0.25) is 0 Å². The van der Waals surface area contributed by atoms with Crippen molar-refractivity contribution in [1.82, 2.24) is 9.97 Å². The smallest absolute Gasteiger partial charge is 0.190 e. The van der Waals surface area contributed by atoms with Gasteiger partial charge < -0.3 is 27.1 Å². The summed E-state index contributed by atoms with van der Waals surface area (Å²) in [6, 6.07) is 28.0. The van der Waals surface area contributed by atoms with Crippen molar-refractivity contribution in [3.8, 4) is 22.5 Å². The standard InChI is InChI=1S/C29H25N9/c30-28(31)34-21-8-3-16(4-9-21)24-15-20-2-1-18(13-25(20)36-24)19-7-12-23-26(14-19)38-27(37-23)17-5-10-22(11-6-17)35-29(32)33/h1-14H,15H2,(H,37,38)(H4,30,31,34)(H4,32,33,35). The SMILES string of the molecule is N=C(N)Nc1ccc(C2=Nc3cc(-c4ccc5[nH]c(-c6ccc(NC(=N)N)cc6)nc5c4)ccc3C2)cc1. The number of aliphatic imine (C=N–C) groups is 1. The van der Waals surface area contributed by atoms with Crippen LogP contribution in [-0.2, 0) is 6.42 Å². The van der Waals surface area contributed by atoms with E-state index in [0.717, 1.165) is 68.3 Å². The molecule has 9 nitrogen and oxygen atoms in total. The largest absolute Gasteiger partial charge is 0.370 e. The molecule has 0 amide bonds. The summed E-state index contributed by atoms with van der Waals surface area (Å²) in [5.74, 6) is 0.594. The van der Waals surface area contributed by atoms with Gasteiger partial charge >= 0.3 is 0 Å². The molecule has 0 spiro atoms. The van der Waals surface area contributed by atoms with Gasteiger partial charge in [0, 0.05) is 23.4 Å². The second-order valence-corrected chi connectivity index (χ2v) is 9.13. The van der Waals surface area contributed by atoms with Crippen molar-refractivity contribution in [2.75, 3.05) is 10.6 Å². The van der Waals surface area contributed by atoms with Crippen molar-refractivity contribution in [3.05, 3.63) is 96.1 Å². The number of hydrogen-bond acceptors (Lipinski definition) is 4. The zero-order valence-electron chi connectivity index (χ0n) is 20.3. The molecule has 0 saturated carbocycles. The highest BCUT2D eigenvalue weighted by atomic mass is 15.0. The van der Waals surface area contributed by atoms with Crippen molar-refractivity contribution in [3.63, 3.8) is 0 Å². The van der Waals surface area contributed by atoms with Crippen molar-refractivity contribution in [2.45, 2.75) is 6.42 Å². The van der Waals surface area contributed by atoms with Crippen molar-refractivity contribution < 1.29 is 0 Å². The summed E-state index contributed by atoms with van der Waals surface area (Å²) in [5, 5.41) is 20.3. The molecular formula is C29H25N9. The van der Waals surface area contributed by atoms with E-state index in [1.54, 1.807) is 0 Å². The van der Waals surface area contributed by atoms with Crippen molar-refractivity contribution >= 4 is 45.7 Å². The topological polar surface area (TPSA) is 165 Å². The molecule has 9 heteroatoms. The molecule has 1 aromatic heterocycles. The molecule has 1 aliphatic heterocycles. The summed E-state index contributed by atoms with van der Waals surface area (Å²) >= 11 is 0. The number of nitrogens with one attached hydrogen (secondary N) is 5. The maximum absolute atomic E-state index is 7.37. The minimum absolute atomic E-state index is 0.0856. The van der Waals surface area contributed by atoms with Crippen LogP contribution in [0, 0.1) is 10.8 Å². The lowest BCUT2D eigenvalue weighted by molar-refractivity contribution is 1.33. The van der Waals surface area contributed by atoms with Gasteiger partial charge in [-0.25, -0.2) is 4.98 Å². The van der Waals surface area contributed by atoms with Gasteiger partial charge in [0.15, 0.2) is 11.9 Å². The Balaban J connectivity index is 1.25. The summed E-state index contributed by atoms with van der Waals surface area (Å²) in [5.41, 5.74) is 21.5. The fraction of sp³-hybridized carbons (Fsp3) is 0.0345. The third-order valence-electron chi connectivity index (χ3n) is 6.45. The average Bonchev–Trinajstić information content (AvgIpc) is 3.52. The zero-order chi connectivity index (χ0) is 26.2. The minimum atomic E-state index is -0.0974. The molecule has 9 N–H and O–H groups in total. The van der Waals surface area contributed by atoms with Crippen LogP contribution in [0.25, 0.3) is 33.5 Å². The number of H-pyrrole nitrogens is 1. The fourth-order valence-electron chi connectivity index (χ4n) is 4.62. The second-order valence-electron chi connectivity index (χ2n) is 9.13. The molecular weight excluding hydrogens is 474 g/mol. The van der Waals surface area contributed by atoms with Crippen LogP contribution < -0.4 is 22.1 Å². The highest BCUT2D eigenvalue weighted by Crippen LogP contribution is 2.34. The quantitative estimate of drug-likeness (QED) is 0.130. The molecule has 0 radical (unpaired) electrons. The number of hydrogen-bond donors (Lipinski definition) is 7. The number of aromatic nitrogens is 2. The molecule has 5 aromatic rings. The number of rotatable bonds is 5. The second kappa shape index (κ2) is 9.21. The van der Waals surface area contributed by atoms with Crippen LogP contribution in [0.15, 0.2) is 89.9 Å². The normalized spacial score (nSPS) is 12.2. The van der Waals surface area contributed by atoms with Gasteiger partial charge in [-0.05, 0) is 76.9 Å². The highest BCUT2D eigenvalue weighted by molar-refractivity contribution is 6.07. The van der Waals surface area contributed by atoms with Gasteiger partial charge in [0.2, 0.25) is 0 Å². The molecule has 6 rings (SSSR count). The number of nitrogens with zero attached hydrogens (tertiary/aromatic N) is 2. The monoisotopic (exact) mass is 499 g/mol. The van der Waals surface area contributed by atoms with Crippen LogP contribution in [0.4, 0.5) is 17.1 Å². The Hall–Kier alpha value is -5.44. The highest BCUT2D eigenvalue weighted by Gasteiger charge is 2.17. The summed E-state index contributed by atoms with van der Waals surface area (Å²) in [6.07, 6.45) is 0.775. The first-order valence-electron chi connectivity index (χ1n) is 12.0. The van der Waals surface area contributed by atoms with E-state index in [-0.39, 0.29) is 11.9 Å². The first-order valence-corrected chi connectivity index (χ1v) is 12.0. The molecule has 2 heterocycles. The molecule has 0 saturated heterocycles. The van der Waals surface area contributed by atoms with E-state index in [2.05, 4.69) is 45.9 Å². The fourth-order valence-corrected chi connectivity index (χ4v) is 4.62. The van der Waals surface area contributed by atoms with Gasteiger partial charge in [-0.3, -0.25) is 15.8 Å². The van der Waals surface area contributed by atoms with E-state index in [9.17, 15) is 0 Å². The van der Waals surface area contributed by atoms with E-state index in [4.69, 9.17) is 32.3 Å². The summed E-state index contributed by atoms with van der Waals surface area (Å²) in [6.45, 7) is 0. The Kier molecular flexibility index (Phi) is 5.57. The Labute approximate surface area is 218 Å². The van der Waals surface area contributed by atoms with Gasteiger partial charge in [0.25, 0.3) is 0 Å². The lowest BCUT2D eigenvalue weighted by Gasteiger charge is -2.05. The molecule has 4 aromatic carbocycles. The number of nitrogens with two attached hydrogens (primary N) is 2. The number of anilines is 2. The van der Waals surface area contributed by atoms with Crippen LogP contribution in [0.1, 0.15) is 11.1 Å². The van der Waals surface area contributed by atoms with Crippen molar-refractivity contribution in [1.29, 1.82) is 10.8 Å². The number of benzene rings is 4. The number of guanidine groups is 2. The van der Waals surface area contributed by atoms with Gasteiger partial charge in [-0.1, -0.05) is 30.3 Å². The molecule has 0 unspecified atom stereocenters. The van der Waals surface area contributed by atoms with E-state index in [1.165, 1.54) is 5.56 Å². The number of imidazole rings is 1. The van der Waals surface area contributed by atoms with E-state index < -0.39 is 0 Å². The predicted molar refractivity (Wildman–Crippen MR) is 154 cm³/mol. The van der Waals surface area contributed by atoms with Gasteiger partial charge in [0.05, 0.1) is 22.4 Å². The first kappa shape index (κ1) is 23.0. The van der Waals surface area contributed by atoms with E-state index in [0.29, 0.717) is 0 Å². The van der Waals surface area contributed by atoms with Crippen LogP contribution >= 0.6 is 0 Å². The predicted octanol–water partition coefficient (Wildman–Crippen LogP) is 5.18. The first-order chi connectivity index (χ1) is 18.4. The summed E-state index contributed by atoms with van der Waals surface area (Å²) in [4.78, 5) is 13.1. The van der Waals surface area contributed by atoms with E-state index in [1.807, 2.05) is 54.6 Å². The van der Waals surface area contributed by atoms with Gasteiger partial charge in [-0.2, -0.15) is 0 Å². The molecule has 0 aliphatic carbocycles. The Morgan fingerprint density at radius 3 is 1.95 bits per heavy atom. The zero-order valence-corrected chi connectivity index (χ0v) is 20.3. The Bertz CT molecular complexity index is 1730. The maximum Gasteiger partial charge on any atom is 0.190 e. The lowest BCUT2D eigenvalue weighted by Crippen LogP contribution is -2.20. The molecule has 1 aliphatic rings. The van der Waals surface area contributed by atoms with Crippen LogP contribution in [0.5, 0.6) is 0 Å². The molecule has 186 valence electrons. The van der Waals surface area contributed by atoms with Gasteiger partial charge in [-0.15, -0.1) is 0 Å². The van der Waals surface area contributed by atoms with Crippen molar-refractivity contribution in [2.24, 2.45) is 16.5 Å². The summed E-state index contributed by atoms with van der Waals surface area (Å²) in [7, 11) is 0. The van der Waals surface area contributed by atoms with E-state index >= 15 is 0 Å².